The van der Waals surface area contributed by atoms with E-state index >= 15 is 0 Å². The van der Waals surface area contributed by atoms with Crippen molar-refractivity contribution in [2.24, 2.45) is 0 Å². The molecule has 3 heteroatoms. The van der Waals surface area contributed by atoms with Crippen molar-refractivity contribution < 1.29 is 4.92 Å². The standard InChI is InChI=1S/C11H6NO2/c1-3-9-7-5-6-8-11(12(13)14)10(9)4-2/h1-2,5-8H/q+1. The van der Waals surface area contributed by atoms with Gasteiger partial charge in [-0.05, 0) is 18.6 Å². The van der Waals surface area contributed by atoms with Crippen molar-refractivity contribution in [1.82, 2.24) is 0 Å². The van der Waals surface area contributed by atoms with E-state index < -0.39 is 4.92 Å². The minimum Gasteiger partial charge on any atom is -0.251 e. The minimum atomic E-state index is -0.546. The van der Waals surface area contributed by atoms with Crippen LogP contribution in [0.1, 0.15) is 11.1 Å². The summed E-state index contributed by atoms with van der Waals surface area (Å²) in [5.41, 5.74) is 0.345. The zero-order valence-electron chi connectivity index (χ0n) is 7.23. The van der Waals surface area contributed by atoms with Crippen molar-refractivity contribution in [3.05, 3.63) is 45.5 Å². The van der Waals surface area contributed by atoms with Crippen LogP contribution in [0.3, 0.4) is 0 Å². The SMILES string of the molecule is C#Cc1c([N+](=O)[O-])cccc[c+]1C#C. The van der Waals surface area contributed by atoms with Crippen LogP contribution in [0.15, 0.2) is 24.3 Å². The zero-order valence-corrected chi connectivity index (χ0v) is 7.23. The first-order chi connectivity index (χ1) is 6.70. The summed E-state index contributed by atoms with van der Waals surface area (Å²) in [5.74, 6) is 4.55. The number of terminal acetylenes is 2. The monoisotopic (exact) mass is 184 g/mol. The molecule has 0 aliphatic carbocycles. The van der Waals surface area contributed by atoms with Crippen molar-refractivity contribution in [1.29, 1.82) is 0 Å². The van der Waals surface area contributed by atoms with Gasteiger partial charge in [0, 0.05) is 17.9 Å². The summed E-state index contributed by atoms with van der Waals surface area (Å²) in [6.45, 7) is 0. The van der Waals surface area contributed by atoms with E-state index in [-0.39, 0.29) is 11.3 Å². The third kappa shape index (κ3) is 1.68. The Kier molecular flexibility index (Phi) is 2.79. The smallest absolute Gasteiger partial charge is 0.251 e. The van der Waals surface area contributed by atoms with Crippen molar-refractivity contribution in [2.45, 2.75) is 0 Å². The lowest BCUT2D eigenvalue weighted by molar-refractivity contribution is -0.385. The molecule has 0 aliphatic rings. The number of hydrogen-bond acceptors (Lipinski definition) is 2. The molecule has 0 saturated heterocycles. The highest BCUT2D eigenvalue weighted by Crippen LogP contribution is 2.18. The summed E-state index contributed by atoms with van der Waals surface area (Å²) in [4.78, 5) is 10.1. The van der Waals surface area contributed by atoms with E-state index in [2.05, 4.69) is 11.8 Å². The molecule has 0 unspecified atom stereocenters. The molecular formula is C11H6NO2+. The number of rotatable bonds is 1. The number of nitro groups is 1. The van der Waals surface area contributed by atoms with Crippen molar-refractivity contribution in [2.75, 3.05) is 0 Å². The van der Waals surface area contributed by atoms with Gasteiger partial charge in [-0.15, -0.1) is 0 Å². The van der Waals surface area contributed by atoms with Gasteiger partial charge in [0.15, 0.2) is 0 Å². The zero-order chi connectivity index (χ0) is 10.6. The van der Waals surface area contributed by atoms with Crippen LogP contribution in [-0.4, -0.2) is 4.92 Å². The molecule has 3 nitrogen and oxygen atoms in total. The first-order valence-corrected chi connectivity index (χ1v) is 3.74. The second-order valence-electron chi connectivity index (χ2n) is 2.44. The summed E-state index contributed by atoms with van der Waals surface area (Å²) < 4.78 is 0. The molecule has 0 fully saturated rings. The second-order valence-corrected chi connectivity index (χ2v) is 2.44. The van der Waals surface area contributed by atoms with E-state index in [4.69, 9.17) is 12.8 Å². The van der Waals surface area contributed by atoms with Gasteiger partial charge in [-0.3, -0.25) is 10.1 Å². The largest absolute Gasteiger partial charge is 0.348 e. The van der Waals surface area contributed by atoms with Gasteiger partial charge in [-0.2, -0.15) is 0 Å². The quantitative estimate of drug-likeness (QED) is 0.289. The van der Waals surface area contributed by atoms with Crippen molar-refractivity contribution in [3.63, 3.8) is 0 Å². The van der Waals surface area contributed by atoms with Crippen LogP contribution in [0.2, 0.25) is 0 Å². The maximum Gasteiger partial charge on any atom is 0.348 e. The van der Waals surface area contributed by atoms with Crippen LogP contribution < -0.4 is 0 Å². The van der Waals surface area contributed by atoms with Crippen LogP contribution in [0.25, 0.3) is 0 Å². The van der Waals surface area contributed by atoms with Crippen LogP contribution in [-0.2, 0) is 0 Å². The van der Waals surface area contributed by atoms with Crippen LogP contribution in [0.4, 0.5) is 5.69 Å². The summed E-state index contributed by atoms with van der Waals surface area (Å²) in [7, 11) is 0. The molecule has 0 N–H and O–H groups in total. The highest BCUT2D eigenvalue weighted by Gasteiger charge is 2.19. The van der Waals surface area contributed by atoms with Crippen molar-refractivity contribution in [3.8, 4) is 24.7 Å². The molecule has 0 amide bonds. The molecule has 0 radical (unpaired) electrons. The van der Waals surface area contributed by atoms with Gasteiger partial charge in [0.2, 0.25) is 5.56 Å². The van der Waals surface area contributed by atoms with Gasteiger partial charge in [0.1, 0.15) is 10.5 Å². The Hall–Kier alpha value is -2.39. The molecule has 1 aromatic carbocycles. The average molecular weight is 184 g/mol. The van der Waals surface area contributed by atoms with E-state index in [1.807, 2.05) is 0 Å². The fraction of sp³-hybridized carbons (Fsp3) is 0. The Morgan fingerprint density at radius 3 is 2.64 bits per heavy atom. The Balaban J connectivity index is 3.64. The fourth-order valence-corrected chi connectivity index (χ4v) is 1.03. The molecule has 66 valence electrons. The van der Waals surface area contributed by atoms with Gasteiger partial charge in [-0.25, -0.2) is 0 Å². The van der Waals surface area contributed by atoms with E-state index in [0.717, 1.165) is 0 Å². The van der Waals surface area contributed by atoms with Crippen LogP contribution >= 0.6 is 0 Å². The van der Waals surface area contributed by atoms with Gasteiger partial charge in [0.05, 0.1) is 6.07 Å². The molecule has 0 spiro atoms. The Morgan fingerprint density at radius 1 is 1.43 bits per heavy atom. The predicted molar refractivity (Wildman–Crippen MR) is 53.4 cm³/mol. The van der Waals surface area contributed by atoms with Gasteiger partial charge in [-0.1, -0.05) is 6.42 Å². The van der Waals surface area contributed by atoms with E-state index in [1.54, 1.807) is 12.1 Å². The lowest BCUT2D eigenvalue weighted by atomic mass is 10.1. The molecule has 0 bridgehead atoms. The average Bonchev–Trinajstić information content (AvgIpc) is 2.38. The molecule has 0 aromatic heterocycles. The molecular weight excluding hydrogens is 178 g/mol. The third-order valence-corrected chi connectivity index (χ3v) is 1.65. The molecule has 1 aromatic rings. The van der Waals surface area contributed by atoms with Crippen molar-refractivity contribution >= 4 is 5.69 Å². The molecule has 0 saturated carbocycles. The Morgan fingerprint density at radius 2 is 2.14 bits per heavy atom. The summed E-state index contributed by atoms with van der Waals surface area (Å²) in [6.07, 6.45) is 10.4. The van der Waals surface area contributed by atoms with Crippen LogP contribution in [0.5, 0.6) is 0 Å². The highest BCUT2D eigenvalue weighted by atomic mass is 16.6. The lowest BCUT2D eigenvalue weighted by Gasteiger charge is -1.85. The first kappa shape index (κ1) is 9.70. The first-order valence-electron chi connectivity index (χ1n) is 3.74. The van der Waals surface area contributed by atoms with Gasteiger partial charge < -0.3 is 0 Å². The Labute approximate surface area is 81.6 Å². The minimum absolute atomic E-state index is 0.141. The molecule has 0 atom stereocenters. The topological polar surface area (TPSA) is 43.1 Å². The number of nitrogens with zero attached hydrogens (tertiary/aromatic N) is 1. The van der Waals surface area contributed by atoms with E-state index in [0.29, 0.717) is 5.56 Å². The van der Waals surface area contributed by atoms with Crippen LogP contribution in [0, 0.1) is 34.8 Å². The number of hydrogen-bond donors (Lipinski definition) is 0. The van der Waals surface area contributed by atoms with E-state index in [1.165, 1.54) is 12.1 Å². The third-order valence-electron chi connectivity index (χ3n) is 1.65. The molecule has 1 rings (SSSR count). The van der Waals surface area contributed by atoms with Gasteiger partial charge in [0.25, 0.3) is 0 Å². The normalized spacial score (nSPS) is 8.43. The predicted octanol–water partition coefficient (Wildman–Crippen LogP) is 1.84. The molecule has 0 aliphatic heterocycles. The summed E-state index contributed by atoms with van der Waals surface area (Å²) in [5, 5.41) is 10.6. The summed E-state index contributed by atoms with van der Waals surface area (Å²) in [6, 6.07) is 6.04. The maximum atomic E-state index is 10.6. The highest BCUT2D eigenvalue weighted by molar-refractivity contribution is 5.58. The second kappa shape index (κ2) is 4.02. The fourth-order valence-electron chi connectivity index (χ4n) is 1.03. The van der Waals surface area contributed by atoms with Gasteiger partial charge >= 0.3 is 5.69 Å². The molecule has 0 heterocycles. The maximum absolute atomic E-state index is 10.6. The summed E-state index contributed by atoms with van der Waals surface area (Å²) >= 11 is 0. The lowest BCUT2D eigenvalue weighted by Crippen LogP contribution is -1.91. The molecule has 14 heavy (non-hydrogen) atoms. The Bertz CT molecular complexity index is 470. The van der Waals surface area contributed by atoms with E-state index in [9.17, 15) is 10.1 Å².